The Balaban J connectivity index is 1.86. The molecule has 1 aromatic heterocycles. The molecule has 5 nitrogen and oxygen atoms in total. The van der Waals surface area contributed by atoms with Crippen molar-refractivity contribution in [1.29, 1.82) is 0 Å². The van der Waals surface area contributed by atoms with Crippen LogP contribution in [0.4, 0.5) is 13.2 Å². The third kappa shape index (κ3) is 4.46. The Bertz CT molecular complexity index is 1280. The van der Waals surface area contributed by atoms with Gasteiger partial charge in [0, 0.05) is 22.6 Å². The van der Waals surface area contributed by atoms with Gasteiger partial charge in [-0.1, -0.05) is 43.6 Å². The average Bonchev–Trinajstić information content (AvgIpc) is 3.11. The molecular formula is C25H22ClF3N2O3. The van der Waals surface area contributed by atoms with Gasteiger partial charge in [0.25, 0.3) is 0 Å². The zero-order valence-corrected chi connectivity index (χ0v) is 19.5. The van der Waals surface area contributed by atoms with Crippen molar-refractivity contribution in [2.24, 2.45) is 5.41 Å². The Labute approximate surface area is 199 Å². The summed E-state index contributed by atoms with van der Waals surface area (Å²) in [6.07, 6.45) is -3.83. The fraction of sp³-hybridized carbons (Fsp3) is 0.320. The Morgan fingerprint density at radius 1 is 1.15 bits per heavy atom. The molecule has 3 aromatic rings. The van der Waals surface area contributed by atoms with Gasteiger partial charge in [-0.15, -0.1) is 0 Å². The zero-order valence-electron chi connectivity index (χ0n) is 18.8. The van der Waals surface area contributed by atoms with Crippen molar-refractivity contribution in [3.05, 3.63) is 75.4 Å². The lowest BCUT2D eigenvalue weighted by atomic mass is 9.75. The van der Waals surface area contributed by atoms with Crippen LogP contribution in [0.1, 0.15) is 57.8 Å². The van der Waals surface area contributed by atoms with E-state index in [1.807, 2.05) is 13.8 Å². The van der Waals surface area contributed by atoms with E-state index in [4.69, 9.17) is 16.3 Å². The maximum Gasteiger partial charge on any atom is 0.416 e. The number of alkyl halides is 3. The molecule has 0 saturated carbocycles. The molecule has 0 spiro atoms. The Morgan fingerprint density at radius 2 is 1.82 bits per heavy atom. The van der Waals surface area contributed by atoms with Crippen LogP contribution in [0.25, 0.3) is 11.3 Å². The first-order valence-corrected chi connectivity index (χ1v) is 11.0. The summed E-state index contributed by atoms with van der Waals surface area (Å²) in [7, 11) is 1.28. The predicted octanol–water partition coefficient (Wildman–Crippen LogP) is 6.21. The molecule has 0 bridgehead atoms. The molecular weight excluding hydrogens is 469 g/mol. The number of hydrogen-bond donors (Lipinski definition) is 0. The molecule has 1 aliphatic carbocycles. The molecule has 1 heterocycles. The number of carbonyl (C=O) groups is 2. The largest absolute Gasteiger partial charge is 0.465 e. The average molecular weight is 491 g/mol. The second-order valence-corrected chi connectivity index (χ2v) is 9.51. The van der Waals surface area contributed by atoms with Gasteiger partial charge in [0.2, 0.25) is 0 Å². The van der Waals surface area contributed by atoms with Crippen LogP contribution >= 0.6 is 11.6 Å². The second kappa shape index (κ2) is 8.58. The lowest BCUT2D eigenvalue weighted by Gasteiger charge is -2.29. The topological polar surface area (TPSA) is 61.2 Å². The molecule has 0 amide bonds. The number of esters is 1. The van der Waals surface area contributed by atoms with Crippen LogP contribution in [0.15, 0.2) is 42.5 Å². The summed E-state index contributed by atoms with van der Waals surface area (Å²) < 4.78 is 47.2. The van der Waals surface area contributed by atoms with E-state index in [1.54, 1.807) is 24.3 Å². The van der Waals surface area contributed by atoms with E-state index in [2.05, 4.69) is 5.10 Å². The van der Waals surface area contributed by atoms with Gasteiger partial charge in [-0.25, -0.2) is 4.79 Å². The van der Waals surface area contributed by atoms with E-state index in [0.29, 0.717) is 40.9 Å². The molecule has 0 N–H and O–H groups in total. The molecule has 0 atom stereocenters. The monoisotopic (exact) mass is 490 g/mol. The van der Waals surface area contributed by atoms with Gasteiger partial charge in [-0.3, -0.25) is 9.48 Å². The quantitative estimate of drug-likeness (QED) is 0.408. The van der Waals surface area contributed by atoms with Gasteiger partial charge < -0.3 is 4.74 Å². The van der Waals surface area contributed by atoms with Crippen LogP contribution in [0, 0.1) is 5.41 Å². The number of halogens is 4. The minimum Gasteiger partial charge on any atom is -0.465 e. The highest BCUT2D eigenvalue weighted by molar-refractivity contribution is 6.31. The molecule has 34 heavy (non-hydrogen) atoms. The van der Waals surface area contributed by atoms with E-state index in [-0.39, 0.29) is 28.3 Å². The van der Waals surface area contributed by atoms with Crippen molar-refractivity contribution in [2.75, 3.05) is 7.11 Å². The Morgan fingerprint density at radius 3 is 2.44 bits per heavy atom. The van der Waals surface area contributed by atoms with Crippen LogP contribution in [0.3, 0.4) is 0 Å². The van der Waals surface area contributed by atoms with Crippen LogP contribution in [0.5, 0.6) is 0 Å². The van der Waals surface area contributed by atoms with Crippen LogP contribution in [-0.2, 0) is 23.9 Å². The first kappa shape index (κ1) is 24.0. The highest BCUT2D eigenvalue weighted by Crippen LogP contribution is 2.41. The fourth-order valence-electron chi connectivity index (χ4n) is 4.36. The highest BCUT2D eigenvalue weighted by Gasteiger charge is 2.38. The van der Waals surface area contributed by atoms with Gasteiger partial charge in [0.1, 0.15) is 5.69 Å². The summed E-state index contributed by atoms with van der Waals surface area (Å²) in [5, 5.41) is 4.56. The van der Waals surface area contributed by atoms with Crippen LogP contribution < -0.4 is 0 Å². The summed E-state index contributed by atoms with van der Waals surface area (Å²) in [5.41, 5.74) is 0.921. The summed E-state index contributed by atoms with van der Waals surface area (Å²) in [4.78, 5) is 24.9. The van der Waals surface area contributed by atoms with E-state index in [0.717, 1.165) is 6.07 Å². The van der Waals surface area contributed by atoms with Gasteiger partial charge in [-0.2, -0.15) is 18.3 Å². The number of nitrogens with zero attached hydrogens (tertiary/aromatic N) is 2. The molecule has 178 valence electrons. The zero-order chi connectivity index (χ0) is 24.8. The molecule has 4 rings (SSSR count). The number of fused-ring (bicyclic) bond motifs is 1. The Kier molecular flexibility index (Phi) is 6.06. The maximum atomic E-state index is 13.7. The highest BCUT2D eigenvalue weighted by atomic mass is 35.5. The standard InChI is InChI=1S/C25H22ClF3N2O3/c1-24(2)11-19-21(20(32)12-24)22(14-7-9-15(10-8-14)23(33)34-3)30-31(19)13-16-17(25(27,28)29)5-4-6-18(16)26/h4-10H,11-13H2,1-3H3. The van der Waals surface area contributed by atoms with E-state index in [9.17, 15) is 22.8 Å². The summed E-state index contributed by atoms with van der Waals surface area (Å²) >= 11 is 6.19. The molecule has 0 saturated heterocycles. The number of benzene rings is 2. The lowest BCUT2D eigenvalue weighted by Crippen LogP contribution is -2.28. The maximum absolute atomic E-state index is 13.7. The first-order valence-electron chi connectivity index (χ1n) is 10.6. The number of Topliss-reactive ketones (excluding diaryl/α,β-unsaturated/α-hetero) is 1. The van der Waals surface area contributed by atoms with Crippen molar-refractivity contribution in [3.63, 3.8) is 0 Å². The first-order chi connectivity index (χ1) is 15.9. The number of aromatic nitrogens is 2. The van der Waals surface area contributed by atoms with E-state index in [1.165, 1.54) is 23.9 Å². The molecule has 0 aliphatic heterocycles. The van der Waals surface area contributed by atoms with Gasteiger partial charge in [0.15, 0.2) is 5.78 Å². The Hall–Kier alpha value is -3.13. The number of ether oxygens (including phenoxy) is 1. The molecule has 0 radical (unpaired) electrons. The summed E-state index contributed by atoms with van der Waals surface area (Å²) in [5.74, 6) is -0.630. The number of methoxy groups -OCH3 is 1. The number of hydrogen-bond acceptors (Lipinski definition) is 4. The van der Waals surface area contributed by atoms with Gasteiger partial charge >= 0.3 is 12.1 Å². The lowest BCUT2D eigenvalue weighted by molar-refractivity contribution is -0.138. The van der Waals surface area contributed by atoms with Crippen molar-refractivity contribution in [3.8, 4) is 11.3 Å². The van der Waals surface area contributed by atoms with E-state index >= 15 is 0 Å². The molecule has 0 fully saturated rings. The second-order valence-electron chi connectivity index (χ2n) is 9.10. The van der Waals surface area contributed by atoms with E-state index < -0.39 is 17.7 Å². The normalized spacial score (nSPS) is 15.2. The smallest absolute Gasteiger partial charge is 0.416 e. The third-order valence-corrected chi connectivity index (χ3v) is 6.29. The molecule has 9 heteroatoms. The minimum atomic E-state index is -4.59. The van der Waals surface area contributed by atoms with Gasteiger partial charge in [-0.05, 0) is 36.1 Å². The molecule has 1 aliphatic rings. The van der Waals surface area contributed by atoms with Crippen molar-refractivity contribution < 1.29 is 27.5 Å². The number of carbonyl (C=O) groups excluding carboxylic acids is 2. The molecule has 2 aromatic carbocycles. The van der Waals surface area contributed by atoms with Crippen molar-refractivity contribution >= 4 is 23.4 Å². The molecule has 0 unspecified atom stereocenters. The number of ketones is 1. The van der Waals surface area contributed by atoms with Crippen molar-refractivity contribution in [2.45, 2.75) is 39.4 Å². The third-order valence-electron chi connectivity index (χ3n) is 5.93. The predicted molar refractivity (Wildman–Crippen MR) is 121 cm³/mol. The SMILES string of the molecule is COC(=O)c1ccc(-c2nn(Cc3c(Cl)cccc3C(F)(F)F)c3c2C(=O)CC(C)(C)C3)cc1. The van der Waals surface area contributed by atoms with Crippen molar-refractivity contribution in [1.82, 2.24) is 9.78 Å². The summed E-state index contributed by atoms with van der Waals surface area (Å²) in [6, 6.07) is 10.0. The number of rotatable bonds is 4. The van der Waals surface area contributed by atoms with Crippen LogP contribution in [0.2, 0.25) is 5.02 Å². The fourth-order valence-corrected chi connectivity index (χ4v) is 4.59. The minimum absolute atomic E-state index is 0.0237. The van der Waals surface area contributed by atoms with Gasteiger partial charge in [0.05, 0.1) is 36.0 Å². The summed E-state index contributed by atoms with van der Waals surface area (Å²) in [6.45, 7) is 3.64. The van der Waals surface area contributed by atoms with Crippen LogP contribution in [-0.4, -0.2) is 28.6 Å².